The summed E-state index contributed by atoms with van der Waals surface area (Å²) in [6, 6.07) is -0.489. The van der Waals surface area contributed by atoms with Gasteiger partial charge in [0, 0.05) is 39.5 Å². The molecular weight excluding hydrogens is 416 g/mol. The fraction of sp³-hybridized carbons (Fsp3) is 0.957. The largest absolute Gasteiger partial charge is 0.369 e. The van der Waals surface area contributed by atoms with Crippen LogP contribution in [0.15, 0.2) is 0 Å². The van der Waals surface area contributed by atoms with Gasteiger partial charge in [-0.3, -0.25) is 9.80 Å². The summed E-state index contributed by atoms with van der Waals surface area (Å²) in [5.74, 6) is 0. The number of nitrogens with zero attached hydrogens (tertiary/aromatic N) is 2. The predicted octanol–water partition coefficient (Wildman–Crippen LogP) is 3.28. The van der Waals surface area contributed by atoms with E-state index in [9.17, 15) is 15.0 Å². The highest BCUT2D eigenvalue weighted by Gasteiger charge is 2.42. The number of rotatable bonds is 20. The van der Waals surface area contributed by atoms with Gasteiger partial charge in [0.15, 0.2) is 12.5 Å². The molecule has 0 aliphatic carbocycles. The zero-order valence-electron chi connectivity index (χ0n) is 20.5. The SMILES string of the molecule is CCCCOC(OCCCC)C(O)N1CCN(C(O)C(OCCCC)OCCCC)C1=O. The van der Waals surface area contributed by atoms with Crippen molar-refractivity contribution in [1.29, 1.82) is 0 Å². The monoisotopic (exact) mass is 462 g/mol. The van der Waals surface area contributed by atoms with Gasteiger partial charge in [0.1, 0.15) is 0 Å². The molecule has 1 aliphatic rings. The molecule has 1 aliphatic heterocycles. The highest BCUT2D eigenvalue weighted by molar-refractivity contribution is 5.77. The van der Waals surface area contributed by atoms with Crippen LogP contribution in [-0.2, 0) is 18.9 Å². The normalized spacial score (nSPS) is 16.6. The van der Waals surface area contributed by atoms with Crippen molar-refractivity contribution < 1.29 is 34.0 Å². The van der Waals surface area contributed by atoms with E-state index in [0.717, 1.165) is 51.4 Å². The first kappa shape index (κ1) is 29.1. The Kier molecular flexibility index (Phi) is 15.9. The number of aliphatic hydroxyl groups is 2. The van der Waals surface area contributed by atoms with Crippen LogP contribution in [0, 0.1) is 0 Å². The standard InChI is InChI=1S/C23H46N2O7/c1-5-9-15-29-21(30-16-10-6-2)19(26)24-13-14-25(23(24)28)20(27)22(31-17-11-7-3)32-18-12-8-4/h19-22,26-27H,5-18H2,1-4H3. The van der Waals surface area contributed by atoms with Crippen molar-refractivity contribution in [2.75, 3.05) is 39.5 Å². The molecule has 32 heavy (non-hydrogen) atoms. The maximum atomic E-state index is 13.0. The zero-order chi connectivity index (χ0) is 23.8. The van der Waals surface area contributed by atoms with Crippen LogP contribution in [0.3, 0.4) is 0 Å². The van der Waals surface area contributed by atoms with Crippen LogP contribution in [0.1, 0.15) is 79.1 Å². The summed E-state index contributed by atoms with van der Waals surface area (Å²) in [6.45, 7) is 10.5. The number of carbonyl (C=O) groups is 1. The smallest absolute Gasteiger partial charge is 0.324 e. The molecule has 0 saturated carbocycles. The van der Waals surface area contributed by atoms with Crippen molar-refractivity contribution in [3.05, 3.63) is 0 Å². The number of ether oxygens (including phenoxy) is 4. The maximum Gasteiger partial charge on any atom is 0.324 e. The summed E-state index contributed by atoms with van der Waals surface area (Å²) >= 11 is 0. The van der Waals surface area contributed by atoms with Crippen molar-refractivity contribution in [3.8, 4) is 0 Å². The molecule has 0 aromatic heterocycles. The van der Waals surface area contributed by atoms with Gasteiger partial charge in [-0.25, -0.2) is 4.79 Å². The number of aliphatic hydroxyl groups excluding tert-OH is 2. The Labute approximate surface area is 193 Å². The molecule has 1 heterocycles. The van der Waals surface area contributed by atoms with Crippen molar-refractivity contribution in [1.82, 2.24) is 9.80 Å². The number of carbonyl (C=O) groups excluding carboxylic acids is 1. The Hall–Kier alpha value is -0.970. The van der Waals surface area contributed by atoms with Gasteiger partial charge in [0.2, 0.25) is 12.6 Å². The Bertz CT molecular complexity index is 423. The lowest BCUT2D eigenvalue weighted by Crippen LogP contribution is -2.52. The Balaban J connectivity index is 2.76. The molecule has 2 unspecified atom stereocenters. The fourth-order valence-electron chi connectivity index (χ4n) is 3.17. The molecule has 1 fully saturated rings. The highest BCUT2D eigenvalue weighted by atomic mass is 16.7. The fourth-order valence-corrected chi connectivity index (χ4v) is 3.17. The Morgan fingerprint density at radius 2 is 0.938 bits per heavy atom. The first-order chi connectivity index (χ1) is 15.5. The van der Waals surface area contributed by atoms with Crippen molar-refractivity contribution in [2.24, 2.45) is 0 Å². The third-order valence-corrected chi connectivity index (χ3v) is 5.32. The second-order valence-electron chi connectivity index (χ2n) is 8.13. The van der Waals surface area contributed by atoms with Gasteiger partial charge < -0.3 is 29.2 Å². The molecule has 0 radical (unpaired) electrons. The Morgan fingerprint density at radius 3 is 1.19 bits per heavy atom. The maximum absolute atomic E-state index is 13.0. The lowest BCUT2D eigenvalue weighted by molar-refractivity contribution is -0.227. The minimum Gasteiger partial charge on any atom is -0.369 e. The zero-order valence-corrected chi connectivity index (χ0v) is 20.5. The van der Waals surface area contributed by atoms with E-state index in [4.69, 9.17) is 18.9 Å². The lowest BCUT2D eigenvalue weighted by Gasteiger charge is -2.32. The van der Waals surface area contributed by atoms with Gasteiger partial charge in [0.05, 0.1) is 0 Å². The van der Waals surface area contributed by atoms with E-state index in [0.29, 0.717) is 26.4 Å². The van der Waals surface area contributed by atoms with Crippen LogP contribution in [-0.4, -0.2) is 90.6 Å². The molecule has 190 valence electrons. The van der Waals surface area contributed by atoms with Crippen molar-refractivity contribution in [3.63, 3.8) is 0 Å². The molecule has 9 heteroatoms. The summed E-state index contributed by atoms with van der Waals surface area (Å²) in [5, 5.41) is 21.7. The molecular formula is C23H46N2O7. The van der Waals surface area contributed by atoms with Gasteiger partial charge in [-0.15, -0.1) is 0 Å². The molecule has 0 bridgehead atoms. The van der Waals surface area contributed by atoms with Crippen LogP contribution in [0.4, 0.5) is 4.79 Å². The summed E-state index contributed by atoms with van der Waals surface area (Å²) in [6.07, 6.45) is 2.82. The number of urea groups is 1. The number of amides is 2. The number of hydrogen-bond donors (Lipinski definition) is 2. The molecule has 9 nitrogen and oxygen atoms in total. The molecule has 0 aromatic rings. The predicted molar refractivity (Wildman–Crippen MR) is 122 cm³/mol. The van der Waals surface area contributed by atoms with Crippen LogP contribution < -0.4 is 0 Å². The number of unbranched alkanes of at least 4 members (excludes halogenated alkanes) is 4. The van der Waals surface area contributed by atoms with E-state index in [2.05, 4.69) is 27.7 Å². The average Bonchev–Trinajstić information content (AvgIpc) is 3.17. The van der Waals surface area contributed by atoms with E-state index in [1.165, 1.54) is 9.80 Å². The molecule has 2 amide bonds. The second-order valence-corrected chi connectivity index (χ2v) is 8.13. The van der Waals surface area contributed by atoms with E-state index in [1.54, 1.807) is 0 Å². The van der Waals surface area contributed by atoms with E-state index < -0.39 is 31.1 Å². The molecule has 1 rings (SSSR count). The van der Waals surface area contributed by atoms with Crippen LogP contribution in [0.5, 0.6) is 0 Å². The summed E-state index contributed by atoms with van der Waals surface area (Å²) in [7, 11) is 0. The highest BCUT2D eigenvalue weighted by Crippen LogP contribution is 2.21. The molecule has 1 saturated heterocycles. The van der Waals surface area contributed by atoms with Gasteiger partial charge in [-0.1, -0.05) is 53.4 Å². The Morgan fingerprint density at radius 1 is 0.656 bits per heavy atom. The van der Waals surface area contributed by atoms with Crippen molar-refractivity contribution in [2.45, 2.75) is 104 Å². The van der Waals surface area contributed by atoms with E-state index in [1.807, 2.05) is 0 Å². The van der Waals surface area contributed by atoms with E-state index in [-0.39, 0.29) is 13.1 Å². The second kappa shape index (κ2) is 17.5. The minimum absolute atomic E-state index is 0.248. The first-order valence-electron chi connectivity index (χ1n) is 12.4. The van der Waals surface area contributed by atoms with Crippen LogP contribution in [0.25, 0.3) is 0 Å². The van der Waals surface area contributed by atoms with Gasteiger partial charge in [-0.05, 0) is 25.7 Å². The summed E-state index contributed by atoms with van der Waals surface area (Å²) < 4.78 is 22.9. The van der Waals surface area contributed by atoms with Crippen LogP contribution >= 0.6 is 0 Å². The first-order valence-corrected chi connectivity index (χ1v) is 12.4. The van der Waals surface area contributed by atoms with Crippen LogP contribution in [0.2, 0.25) is 0 Å². The average molecular weight is 463 g/mol. The summed E-state index contributed by atoms with van der Waals surface area (Å²) in [4.78, 5) is 15.6. The van der Waals surface area contributed by atoms with Crippen molar-refractivity contribution >= 4 is 6.03 Å². The molecule has 2 N–H and O–H groups in total. The quantitative estimate of drug-likeness (QED) is 0.211. The molecule has 0 aromatic carbocycles. The molecule has 2 atom stereocenters. The molecule has 0 spiro atoms. The minimum atomic E-state index is -1.26. The van der Waals surface area contributed by atoms with E-state index >= 15 is 0 Å². The number of hydrogen-bond acceptors (Lipinski definition) is 7. The van der Waals surface area contributed by atoms with Gasteiger partial charge >= 0.3 is 6.03 Å². The van der Waals surface area contributed by atoms with Gasteiger partial charge in [-0.2, -0.15) is 0 Å². The topological polar surface area (TPSA) is 101 Å². The summed E-state index contributed by atoms with van der Waals surface area (Å²) in [5.41, 5.74) is 0. The third kappa shape index (κ3) is 9.89. The lowest BCUT2D eigenvalue weighted by atomic mass is 10.3. The third-order valence-electron chi connectivity index (χ3n) is 5.32. The van der Waals surface area contributed by atoms with Gasteiger partial charge in [0.25, 0.3) is 0 Å².